The number of amides is 1. The van der Waals surface area contributed by atoms with E-state index in [4.69, 9.17) is 5.84 Å². The Labute approximate surface area is 75.5 Å². The van der Waals surface area contributed by atoms with Gasteiger partial charge in [0.15, 0.2) is 0 Å². The van der Waals surface area contributed by atoms with Crippen LogP contribution in [0.4, 0.5) is 5.69 Å². The third-order valence-corrected chi connectivity index (χ3v) is 1.99. The molecular weight excluding hydrogens is 168 g/mol. The highest BCUT2D eigenvalue weighted by Crippen LogP contribution is 2.19. The molecule has 0 fully saturated rings. The summed E-state index contributed by atoms with van der Waals surface area (Å²) in [5.41, 5.74) is 3.79. The lowest BCUT2D eigenvalue weighted by Gasteiger charge is -2.27. The number of hydrogen-bond donors (Lipinski definition) is 3. The molecule has 1 amide bonds. The predicted octanol–water partition coefficient (Wildman–Crippen LogP) is -0.110. The number of carbonyl (C=O) groups is 1. The van der Waals surface area contributed by atoms with E-state index in [9.17, 15) is 4.79 Å². The molecule has 0 radical (unpaired) electrons. The fourth-order valence-corrected chi connectivity index (χ4v) is 1.31. The van der Waals surface area contributed by atoms with E-state index in [1.165, 1.54) is 5.01 Å². The highest BCUT2D eigenvalue weighted by atomic mass is 16.2. The fraction of sp³-hybridized carbons (Fsp3) is 0.125. The van der Waals surface area contributed by atoms with Gasteiger partial charge in [0.25, 0.3) is 5.91 Å². The van der Waals surface area contributed by atoms with Crippen molar-refractivity contribution in [2.45, 2.75) is 0 Å². The topological polar surface area (TPSA) is 70.4 Å². The molecule has 68 valence electrons. The van der Waals surface area contributed by atoms with Gasteiger partial charge in [0.05, 0.1) is 5.56 Å². The minimum absolute atomic E-state index is 0.114. The first kappa shape index (κ1) is 8.03. The molecule has 1 aromatic carbocycles. The summed E-state index contributed by atoms with van der Waals surface area (Å²) in [5, 5.41) is 4.36. The molecule has 13 heavy (non-hydrogen) atoms. The Morgan fingerprint density at radius 3 is 3.00 bits per heavy atom. The summed E-state index contributed by atoms with van der Waals surface area (Å²) in [7, 11) is 0. The number of carbonyl (C=O) groups excluding carboxylic acids is 1. The van der Waals surface area contributed by atoms with Crippen LogP contribution in [-0.2, 0) is 0 Å². The molecule has 5 nitrogen and oxygen atoms in total. The molecule has 0 aliphatic carbocycles. The van der Waals surface area contributed by atoms with Gasteiger partial charge in [-0.05, 0) is 12.1 Å². The summed E-state index contributed by atoms with van der Waals surface area (Å²) in [6, 6.07) is 7.32. The third kappa shape index (κ3) is 1.24. The number of hydrazine groups is 2. The molecule has 0 aromatic heterocycles. The van der Waals surface area contributed by atoms with Gasteiger partial charge in [-0.15, -0.1) is 0 Å². The minimum Gasteiger partial charge on any atom is -0.366 e. The molecule has 0 atom stereocenters. The van der Waals surface area contributed by atoms with Gasteiger partial charge in [0.2, 0.25) is 0 Å². The zero-order valence-corrected chi connectivity index (χ0v) is 6.95. The van der Waals surface area contributed by atoms with Gasteiger partial charge in [0, 0.05) is 5.69 Å². The molecule has 1 heterocycles. The number of anilines is 1. The van der Waals surface area contributed by atoms with E-state index in [1.807, 2.05) is 18.2 Å². The van der Waals surface area contributed by atoms with Crippen molar-refractivity contribution in [1.29, 1.82) is 0 Å². The van der Waals surface area contributed by atoms with Crippen LogP contribution in [0.15, 0.2) is 24.3 Å². The lowest BCUT2D eigenvalue weighted by molar-refractivity contribution is 0.0665. The highest BCUT2D eigenvalue weighted by molar-refractivity contribution is 6.00. The molecule has 0 saturated heterocycles. The first-order valence-corrected chi connectivity index (χ1v) is 3.94. The van der Waals surface area contributed by atoms with Crippen LogP contribution in [0.5, 0.6) is 0 Å². The first-order chi connectivity index (χ1) is 6.33. The summed E-state index contributed by atoms with van der Waals surface area (Å²) in [5.74, 6) is 5.05. The van der Waals surface area contributed by atoms with Crippen LogP contribution in [0, 0.1) is 0 Å². The molecule has 0 saturated carbocycles. The molecule has 1 aliphatic heterocycles. The van der Waals surface area contributed by atoms with E-state index in [0.29, 0.717) is 12.2 Å². The summed E-state index contributed by atoms with van der Waals surface area (Å²) in [4.78, 5) is 11.6. The van der Waals surface area contributed by atoms with Crippen LogP contribution in [0.3, 0.4) is 0 Å². The number of benzene rings is 1. The minimum atomic E-state index is -0.114. The number of nitrogens with two attached hydrogens (primary N) is 1. The van der Waals surface area contributed by atoms with Gasteiger partial charge in [0.1, 0.15) is 6.67 Å². The van der Waals surface area contributed by atoms with Crippen molar-refractivity contribution in [2.75, 3.05) is 12.0 Å². The van der Waals surface area contributed by atoms with E-state index in [1.54, 1.807) is 6.07 Å². The van der Waals surface area contributed by atoms with Crippen molar-refractivity contribution in [3.8, 4) is 0 Å². The highest BCUT2D eigenvalue weighted by Gasteiger charge is 2.22. The summed E-state index contributed by atoms with van der Waals surface area (Å²) < 4.78 is 0. The smallest absolute Gasteiger partial charge is 0.272 e. The van der Waals surface area contributed by atoms with Crippen LogP contribution >= 0.6 is 0 Å². The van der Waals surface area contributed by atoms with Crippen molar-refractivity contribution in [3.05, 3.63) is 29.8 Å². The number of fused-ring (bicyclic) bond motifs is 1. The number of nitrogens with one attached hydrogen (secondary N) is 2. The van der Waals surface area contributed by atoms with Gasteiger partial charge in [-0.2, -0.15) is 5.53 Å². The number of rotatable bonds is 1. The molecular formula is C8H10N4O. The first-order valence-electron chi connectivity index (χ1n) is 3.94. The SMILES string of the molecule is NNN1CNc2ccccc2C1=O. The van der Waals surface area contributed by atoms with Gasteiger partial charge in [-0.1, -0.05) is 12.1 Å². The second-order valence-corrected chi connectivity index (χ2v) is 2.74. The van der Waals surface area contributed by atoms with Crippen molar-refractivity contribution in [3.63, 3.8) is 0 Å². The van der Waals surface area contributed by atoms with Crippen LogP contribution in [0.1, 0.15) is 10.4 Å². The molecule has 0 spiro atoms. The number of nitrogens with zero attached hydrogens (tertiary/aromatic N) is 1. The number of hydrogen-bond acceptors (Lipinski definition) is 4. The largest absolute Gasteiger partial charge is 0.366 e. The van der Waals surface area contributed by atoms with E-state index in [-0.39, 0.29) is 5.91 Å². The van der Waals surface area contributed by atoms with Gasteiger partial charge < -0.3 is 5.32 Å². The Morgan fingerprint density at radius 1 is 1.46 bits per heavy atom. The molecule has 4 N–H and O–H groups in total. The molecule has 1 aromatic rings. The second-order valence-electron chi connectivity index (χ2n) is 2.74. The predicted molar refractivity (Wildman–Crippen MR) is 48.4 cm³/mol. The molecule has 0 bridgehead atoms. The lowest BCUT2D eigenvalue weighted by atomic mass is 10.1. The summed E-state index contributed by atoms with van der Waals surface area (Å²) >= 11 is 0. The Bertz CT molecular complexity index is 339. The van der Waals surface area contributed by atoms with E-state index >= 15 is 0 Å². The maximum atomic E-state index is 11.6. The van der Waals surface area contributed by atoms with Crippen LogP contribution < -0.4 is 16.7 Å². The second kappa shape index (κ2) is 3.04. The molecule has 5 heteroatoms. The maximum Gasteiger partial charge on any atom is 0.272 e. The van der Waals surface area contributed by atoms with E-state index in [0.717, 1.165) is 5.69 Å². The normalized spacial score (nSPS) is 15.2. The van der Waals surface area contributed by atoms with Gasteiger partial charge in [-0.3, -0.25) is 10.6 Å². The van der Waals surface area contributed by atoms with Gasteiger partial charge >= 0.3 is 0 Å². The lowest BCUT2D eigenvalue weighted by Crippen LogP contribution is -2.51. The standard InChI is InChI=1S/C8H10N4O/c9-11-12-5-10-7-4-2-1-3-6(7)8(12)13/h1-4,10-11H,5,9H2. The zero-order valence-electron chi connectivity index (χ0n) is 6.95. The van der Waals surface area contributed by atoms with Gasteiger partial charge in [-0.25, -0.2) is 5.01 Å². The Kier molecular flexibility index (Phi) is 1.88. The molecule has 2 rings (SSSR count). The molecule has 1 aliphatic rings. The fourth-order valence-electron chi connectivity index (χ4n) is 1.31. The summed E-state index contributed by atoms with van der Waals surface area (Å²) in [6.45, 7) is 0.381. The monoisotopic (exact) mass is 178 g/mol. The Balaban J connectivity index is 2.39. The maximum absolute atomic E-state index is 11.6. The van der Waals surface area contributed by atoms with Crippen LogP contribution in [0.2, 0.25) is 0 Å². The Morgan fingerprint density at radius 2 is 2.23 bits per heavy atom. The van der Waals surface area contributed by atoms with Crippen LogP contribution in [-0.4, -0.2) is 17.6 Å². The number of para-hydroxylation sites is 1. The van der Waals surface area contributed by atoms with E-state index < -0.39 is 0 Å². The summed E-state index contributed by atoms with van der Waals surface area (Å²) in [6.07, 6.45) is 0. The van der Waals surface area contributed by atoms with E-state index in [2.05, 4.69) is 10.9 Å². The zero-order chi connectivity index (χ0) is 9.26. The third-order valence-electron chi connectivity index (χ3n) is 1.99. The average molecular weight is 178 g/mol. The van der Waals surface area contributed by atoms with Crippen LogP contribution in [0.25, 0.3) is 0 Å². The van der Waals surface area contributed by atoms with Crippen molar-refractivity contribution < 1.29 is 4.79 Å². The van der Waals surface area contributed by atoms with Crippen molar-refractivity contribution in [2.24, 2.45) is 5.84 Å². The molecule has 0 unspecified atom stereocenters. The van der Waals surface area contributed by atoms with Crippen molar-refractivity contribution in [1.82, 2.24) is 10.5 Å². The Hall–Kier alpha value is -1.59. The quantitative estimate of drug-likeness (QED) is 0.414. The van der Waals surface area contributed by atoms with Crippen molar-refractivity contribution >= 4 is 11.6 Å². The average Bonchev–Trinajstić information content (AvgIpc) is 2.19.